The Morgan fingerprint density at radius 1 is 1.00 bits per heavy atom. The first-order chi connectivity index (χ1) is 16.0. The normalized spacial score (nSPS) is 26.3. The van der Waals surface area contributed by atoms with Crippen LogP contribution in [-0.4, -0.2) is 94.0 Å². The fourth-order valence-electron chi connectivity index (χ4n) is 2.96. The number of ether oxygens (including phenoxy) is 2. The zero-order chi connectivity index (χ0) is 28.1. The Morgan fingerprint density at radius 2 is 1.49 bits per heavy atom. The molecule has 0 aromatic heterocycles. The second-order valence-electron chi connectivity index (χ2n) is 10.5. The summed E-state index contributed by atoms with van der Waals surface area (Å²) in [7, 11) is 0. The average molecular weight is 509 g/mol. The molecule has 0 aliphatic carbocycles. The third-order valence-electron chi connectivity index (χ3n) is 5.05. The summed E-state index contributed by atoms with van der Waals surface area (Å²) in [5, 5.41) is 42.2. The first-order valence-corrected chi connectivity index (χ1v) is 12.5. The SMILES string of the molecule is CC(C)C(=O)CN.CC(C)NC(C(=O)C(C)(C)C)C(C)OC1OC(CO)C(O)C(O)C1O.CCC. The minimum atomic E-state index is -1.52. The molecule has 7 atom stereocenters. The minimum Gasteiger partial charge on any atom is -0.394 e. The lowest BCUT2D eigenvalue weighted by Crippen LogP contribution is -2.61. The Kier molecular flexibility index (Phi) is 18.1. The Morgan fingerprint density at radius 3 is 1.80 bits per heavy atom. The van der Waals surface area contributed by atoms with E-state index in [4.69, 9.17) is 15.2 Å². The first kappa shape index (κ1) is 36.2. The van der Waals surface area contributed by atoms with Gasteiger partial charge in [0.05, 0.1) is 25.3 Å². The molecule has 0 aromatic rings. The van der Waals surface area contributed by atoms with Crippen molar-refractivity contribution in [3.63, 3.8) is 0 Å². The summed E-state index contributed by atoms with van der Waals surface area (Å²) in [6, 6.07) is -0.621. The van der Waals surface area contributed by atoms with Crippen molar-refractivity contribution in [3.8, 4) is 0 Å². The van der Waals surface area contributed by atoms with Crippen molar-refractivity contribution < 1.29 is 39.5 Å². The van der Waals surface area contributed by atoms with E-state index in [1.807, 2.05) is 48.5 Å². The summed E-state index contributed by atoms with van der Waals surface area (Å²) in [6.07, 6.45) is -6.20. The second kappa shape index (κ2) is 17.5. The van der Waals surface area contributed by atoms with Gasteiger partial charge in [0, 0.05) is 17.4 Å². The number of aliphatic hydroxyl groups excluding tert-OH is 4. The smallest absolute Gasteiger partial charge is 0.187 e. The summed E-state index contributed by atoms with van der Waals surface area (Å²) in [6.45, 7) is 18.5. The van der Waals surface area contributed by atoms with E-state index in [0.717, 1.165) is 0 Å². The Hall–Kier alpha value is -0.980. The van der Waals surface area contributed by atoms with Crippen LogP contribution in [0, 0.1) is 11.3 Å². The Balaban J connectivity index is 0. The molecule has 1 rings (SSSR count). The lowest BCUT2D eigenvalue weighted by Gasteiger charge is -2.41. The summed E-state index contributed by atoms with van der Waals surface area (Å²) >= 11 is 0. The van der Waals surface area contributed by atoms with Gasteiger partial charge in [-0.3, -0.25) is 9.59 Å². The third-order valence-corrected chi connectivity index (χ3v) is 5.05. The van der Waals surface area contributed by atoms with Gasteiger partial charge in [0.25, 0.3) is 0 Å². The van der Waals surface area contributed by atoms with E-state index >= 15 is 0 Å². The van der Waals surface area contributed by atoms with Crippen LogP contribution in [0.3, 0.4) is 0 Å². The van der Waals surface area contributed by atoms with Gasteiger partial charge in [-0.2, -0.15) is 0 Å². The molecule has 10 nitrogen and oxygen atoms in total. The van der Waals surface area contributed by atoms with Gasteiger partial charge >= 0.3 is 0 Å². The highest BCUT2D eigenvalue weighted by atomic mass is 16.7. The fraction of sp³-hybridized carbons (Fsp3) is 0.920. The number of rotatable bonds is 9. The zero-order valence-electron chi connectivity index (χ0n) is 23.3. The van der Waals surface area contributed by atoms with E-state index < -0.39 is 54.9 Å². The lowest BCUT2D eigenvalue weighted by molar-refractivity contribution is -0.311. The maximum atomic E-state index is 12.7. The molecule has 0 saturated carbocycles. The van der Waals surface area contributed by atoms with E-state index in [2.05, 4.69) is 19.2 Å². The molecule has 0 amide bonds. The summed E-state index contributed by atoms with van der Waals surface area (Å²) in [5.74, 6) is 0.170. The third kappa shape index (κ3) is 13.2. The number of carbonyl (C=O) groups excluding carboxylic acids is 2. The number of aliphatic hydroxyl groups is 4. The van der Waals surface area contributed by atoms with Gasteiger partial charge in [0.2, 0.25) is 0 Å². The Labute approximate surface area is 211 Å². The number of hydrogen-bond donors (Lipinski definition) is 6. The van der Waals surface area contributed by atoms with Crippen LogP contribution in [-0.2, 0) is 19.1 Å². The molecule has 0 spiro atoms. The summed E-state index contributed by atoms with van der Waals surface area (Å²) in [4.78, 5) is 23.1. The van der Waals surface area contributed by atoms with E-state index in [0.29, 0.717) is 0 Å². The minimum absolute atomic E-state index is 0.0251. The topological polar surface area (TPSA) is 172 Å². The Bertz CT molecular complexity index is 593. The molecule has 1 aliphatic rings. The molecule has 7 unspecified atom stereocenters. The molecule has 0 aromatic carbocycles. The second-order valence-corrected chi connectivity index (χ2v) is 10.5. The van der Waals surface area contributed by atoms with Gasteiger partial charge in [0.15, 0.2) is 12.1 Å². The maximum Gasteiger partial charge on any atom is 0.187 e. The number of nitrogens with one attached hydrogen (secondary N) is 1. The van der Waals surface area contributed by atoms with Gasteiger partial charge in [-0.25, -0.2) is 0 Å². The predicted molar refractivity (Wildman–Crippen MR) is 136 cm³/mol. The average Bonchev–Trinajstić information content (AvgIpc) is 2.76. The van der Waals surface area contributed by atoms with Crippen LogP contribution in [0.1, 0.15) is 75.7 Å². The lowest BCUT2D eigenvalue weighted by atomic mass is 9.84. The number of Topliss-reactive ketones (excluding diaryl/α,β-unsaturated/α-hetero) is 2. The summed E-state index contributed by atoms with van der Waals surface area (Å²) in [5.41, 5.74) is 4.43. The van der Waals surface area contributed by atoms with E-state index in [1.165, 1.54) is 6.42 Å². The van der Waals surface area contributed by atoms with Crippen LogP contribution in [0.15, 0.2) is 0 Å². The van der Waals surface area contributed by atoms with Crippen LogP contribution >= 0.6 is 0 Å². The number of ketones is 2. The highest BCUT2D eigenvalue weighted by Gasteiger charge is 2.45. The van der Waals surface area contributed by atoms with Crippen LogP contribution in [0.4, 0.5) is 0 Å². The van der Waals surface area contributed by atoms with Crippen LogP contribution in [0.25, 0.3) is 0 Å². The quantitative estimate of drug-likeness (QED) is 0.261. The number of hydrogen-bond acceptors (Lipinski definition) is 10. The predicted octanol–water partition coefficient (Wildman–Crippen LogP) is 0.760. The highest BCUT2D eigenvalue weighted by Crippen LogP contribution is 2.25. The van der Waals surface area contributed by atoms with Gasteiger partial charge in [-0.15, -0.1) is 0 Å². The van der Waals surface area contributed by atoms with Crippen LogP contribution < -0.4 is 11.1 Å². The highest BCUT2D eigenvalue weighted by molar-refractivity contribution is 5.89. The molecule has 0 radical (unpaired) electrons. The molecule has 1 heterocycles. The van der Waals surface area contributed by atoms with Crippen molar-refractivity contribution in [2.45, 2.75) is 125 Å². The molecule has 1 fully saturated rings. The fourth-order valence-corrected chi connectivity index (χ4v) is 2.96. The van der Waals surface area contributed by atoms with Crippen LogP contribution in [0.5, 0.6) is 0 Å². The number of carbonyl (C=O) groups is 2. The number of nitrogens with two attached hydrogens (primary N) is 1. The van der Waals surface area contributed by atoms with E-state index in [-0.39, 0.29) is 30.1 Å². The van der Waals surface area contributed by atoms with Gasteiger partial charge in [0.1, 0.15) is 30.2 Å². The maximum absolute atomic E-state index is 12.7. The van der Waals surface area contributed by atoms with Crippen molar-refractivity contribution >= 4 is 11.6 Å². The van der Waals surface area contributed by atoms with Crippen molar-refractivity contribution in [1.82, 2.24) is 5.32 Å². The summed E-state index contributed by atoms with van der Waals surface area (Å²) < 4.78 is 11.0. The molecule has 1 saturated heterocycles. The largest absolute Gasteiger partial charge is 0.394 e. The van der Waals surface area contributed by atoms with Crippen molar-refractivity contribution in [2.75, 3.05) is 13.2 Å². The molecule has 35 heavy (non-hydrogen) atoms. The molecule has 10 heteroatoms. The molecule has 0 bridgehead atoms. The first-order valence-electron chi connectivity index (χ1n) is 12.5. The van der Waals surface area contributed by atoms with Gasteiger partial charge < -0.3 is 41.0 Å². The molecular formula is C25H52N2O8. The standard InChI is InChI=1S/C17H33NO7.C5H11NO.C3H8/c1-8(2)18-11(15(23)17(4,5)6)9(3)24-16-14(22)13(21)12(20)10(7-19)25-16;1-4(2)5(7)3-6;1-3-2/h8-14,16,18-22H,7H2,1-6H3;4H,3,6H2,1-2H3;3H2,1-2H3. The van der Waals surface area contributed by atoms with E-state index in [1.54, 1.807) is 6.92 Å². The van der Waals surface area contributed by atoms with Crippen molar-refractivity contribution in [1.29, 1.82) is 0 Å². The molecule has 1 aliphatic heterocycles. The van der Waals surface area contributed by atoms with Crippen LogP contribution in [0.2, 0.25) is 0 Å². The van der Waals surface area contributed by atoms with Crippen molar-refractivity contribution in [2.24, 2.45) is 17.1 Å². The molecular weight excluding hydrogens is 456 g/mol. The van der Waals surface area contributed by atoms with Crippen molar-refractivity contribution in [3.05, 3.63) is 0 Å². The zero-order valence-corrected chi connectivity index (χ0v) is 23.3. The molecule has 7 N–H and O–H groups in total. The monoisotopic (exact) mass is 508 g/mol. The van der Waals surface area contributed by atoms with Gasteiger partial charge in [-0.1, -0.05) is 68.7 Å². The van der Waals surface area contributed by atoms with Gasteiger partial charge in [-0.05, 0) is 6.92 Å². The molecule has 210 valence electrons. The van der Waals surface area contributed by atoms with E-state index in [9.17, 15) is 30.0 Å².